The Hall–Kier alpha value is -1.59. The molecule has 0 radical (unpaired) electrons. The van der Waals surface area contributed by atoms with Gasteiger partial charge in [0, 0.05) is 25.6 Å². The molecule has 1 heterocycles. The van der Waals surface area contributed by atoms with Crippen LogP contribution in [0.4, 0.5) is 0 Å². The van der Waals surface area contributed by atoms with E-state index < -0.39 is 0 Å². The van der Waals surface area contributed by atoms with Gasteiger partial charge in [-0.15, -0.1) is 0 Å². The number of carbonyl (C=O) groups is 1. The van der Waals surface area contributed by atoms with Crippen molar-refractivity contribution >= 4 is 5.91 Å². The first kappa shape index (κ1) is 20.7. The zero-order chi connectivity index (χ0) is 18.9. The molecular formula is C21H34N2O3. The number of rotatable bonds is 9. The van der Waals surface area contributed by atoms with E-state index in [9.17, 15) is 9.90 Å². The highest BCUT2D eigenvalue weighted by Crippen LogP contribution is 2.16. The van der Waals surface area contributed by atoms with Crippen molar-refractivity contribution in [2.24, 2.45) is 0 Å². The van der Waals surface area contributed by atoms with Crippen LogP contribution >= 0.6 is 0 Å². The number of benzene rings is 1. The molecule has 1 amide bonds. The Labute approximate surface area is 157 Å². The molecule has 1 aliphatic heterocycles. The molecule has 0 saturated carbocycles. The fraction of sp³-hybridized carbons (Fsp3) is 0.667. The number of piperidine rings is 1. The molecule has 2 atom stereocenters. The fourth-order valence-corrected chi connectivity index (χ4v) is 3.69. The number of hydrogen-bond donors (Lipinski definition) is 1. The first-order chi connectivity index (χ1) is 12.5. The molecule has 0 aromatic heterocycles. The Kier molecular flexibility index (Phi) is 8.39. The van der Waals surface area contributed by atoms with Crippen molar-refractivity contribution in [3.05, 3.63) is 29.8 Å². The van der Waals surface area contributed by atoms with E-state index in [4.69, 9.17) is 4.74 Å². The summed E-state index contributed by atoms with van der Waals surface area (Å²) in [7, 11) is 1.68. The molecule has 26 heavy (non-hydrogen) atoms. The van der Waals surface area contributed by atoms with Crippen molar-refractivity contribution in [2.45, 2.75) is 58.1 Å². The molecule has 1 saturated heterocycles. The van der Waals surface area contributed by atoms with E-state index in [1.165, 1.54) is 5.56 Å². The summed E-state index contributed by atoms with van der Waals surface area (Å²) < 4.78 is 5.21. The maximum absolute atomic E-state index is 12.3. The normalized spacial score (nSPS) is 18.8. The monoisotopic (exact) mass is 362 g/mol. The van der Waals surface area contributed by atoms with E-state index in [-0.39, 0.29) is 12.0 Å². The first-order valence-corrected chi connectivity index (χ1v) is 9.86. The van der Waals surface area contributed by atoms with E-state index >= 15 is 0 Å². The minimum atomic E-state index is -0.343. The lowest BCUT2D eigenvalue weighted by molar-refractivity contribution is -0.134. The van der Waals surface area contributed by atoms with Crippen LogP contribution in [0.2, 0.25) is 0 Å². The van der Waals surface area contributed by atoms with E-state index in [0.717, 1.165) is 51.1 Å². The van der Waals surface area contributed by atoms with Crippen molar-refractivity contribution < 1.29 is 14.6 Å². The van der Waals surface area contributed by atoms with Gasteiger partial charge in [-0.05, 0) is 63.4 Å². The predicted molar refractivity (Wildman–Crippen MR) is 104 cm³/mol. The summed E-state index contributed by atoms with van der Waals surface area (Å²) in [5.41, 5.74) is 1.30. The summed E-state index contributed by atoms with van der Waals surface area (Å²) in [6.07, 6.45) is 3.81. The number of carbonyl (C=O) groups excluding carboxylic acids is 1. The van der Waals surface area contributed by atoms with Gasteiger partial charge < -0.3 is 19.6 Å². The Morgan fingerprint density at radius 2 is 2.12 bits per heavy atom. The van der Waals surface area contributed by atoms with Crippen LogP contribution in [0.15, 0.2) is 24.3 Å². The molecule has 1 aromatic carbocycles. The maximum atomic E-state index is 12.3. The van der Waals surface area contributed by atoms with Gasteiger partial charge in [0.2, 0.25) is 5.91 Å². The van der Waals surface area contributed by atoms with Crippen LogP contribution in [0.5, 0.6) is 5.75 Å². The Bertz CT molecular complexity index is 547. The number of aliphatic hydroxyl groups excluding tert-OH is 1. The number of ether oxygens (including phenoxy) is 1. The average molecular weight is 363 g/mol. The number of methoxy groups -OCH3 is 1. The molecule has 0 spiro atoms. The van der Waals surface area contributed by atoms with Crippen LogP contribution in [-0.2, 0) is 11.2 Å². The third kappa shape index (κ3) is 6.29. The Morgan fingerprint density at radius 1 is 1.38 bits per heavy atom. The van der Waals surface area contributed by atoms with Gasteiger partial charge in [-0.1, -0.05) is 19.1 Å². The average Bonchev–Trinajstić information content (AvgIpc) is 2.65. The molecule has 5 heteroatoms. The van der Waals surface area contributed by atoms with Crippen molar-refractivity contribution in [3.8, 4) is 5.75 Å². The Morgan fingerprint density at radius 3 is 2.73 bits per heavy atom. The van der Waals surface area contributed by atoms with E-state index in [2.05, 4.69) is 30.9 Å². The molecule has 0 bridgehead atoms. The largest absolute Gasteiger partial charge is 0.497 e. The second kappa shape index (κ2) is 10.5. The number of hydrogen-bond acceptors (Lipinski definition) is 4. The summed E-state index contributed by atoms with van der Waals surface area (Å²) >= 11 is 0. The summed E-state index contributed by atoms with van der Waals surface area (Å²) in [6.45, 7) is 7.62. The van der Waals surface area contributed by atoms with Gasteiger partial charge in [-0.3, -0.25) is 4.79 Å². The van der Waals surface area contributed by atoms with Crippen LogP contribution in [-0.4, -0.2) is 66.2 Å². The van der Waals surface area contributed by atoms with Crippen LogP contribution in [0.1, 0.15) is 45.1 Å². The van der Waals surface area contributed by atoms with Gasteiger partial charge in [-0.25, -0.2) is 0 Å². The van der Waals surface area contributed by atoms with Crippen molar-refractivity contribution in [1.29, 1.82) is 0 Å². The predicted octanol–water partition coefficient (Wildman–Crippen LogP) is 2.71. The van der Waals surface area contributed by atoms with Crippen LogP contribution in [0.25, 0.3) is 0 Å². The van der Waals surface area contributed by atoms with Crippen molar-refractivity contribution in [2.75, 3.05) is 33.3 Å². The summed E-state index contributed by atoms with van der Waals surface area (Å²) in [4.78, 5) is 16.6. The minimum absolute atomic E-state index is 0.183. The van der Waals surface area contributed by atoms with Crippen LogP contribution in [0, 0.1) is 0 Å². The quantitative estimate of drug-likeness (QED) is 0.734. The molecule has 1 fully saturated rings. The van der Waals surface area contributed by atoms with Gasteiger partial charge in [0.1, 0.15) is 5.75 Å². The molecule has 1 aromatic rings. The van der Waals surface area contributed by atoms with Crippen LogP contribution in [0.3, 0.4) is 0 Å². The highest BCUT2D eigenvalue weighted by atomic mass is 16.5. The molecule has 5 nitrogen and oxygen atoms in total. The summed E-state index contributed by atoms with van der Waals surface area (Å²) in [5.74, 6) is 1.07. The number of likely N-dealkylation sites (N-methyl/N-ethyl adjacent to an activating group) is 1. The first-order valence-electron chi connectivity index (χ1n) is 9.86. The molecule has 2 unspecified atom stereocenters. The van der Waals surface area contributed by atoms with Gasteiger partial charge in [0.15, 0.2) is 0 Å². The number of β-amino-alcohol motifs (C(OH)–C–C–N with tert-alkyl or cyclic N) is 1. The zero-order valence-corrected chi connectivity index (χ0v) is 16.5. The fourth-order valence-electron chi connectivity index (χ4n) is 3.69. The smallest absolute Gasteiger partial charge is 0.222 e. The number of nitrogens with zero attached hydrogens (tertiary/aromatic N) is 2. The number of amides is 1. The Balaban J connectivity index is 1.75. The third-order valence-corrected chi connectivity index (χ3v) is 5.30. The molecule has 146 valence electrons. The van der Waals surface area contributed by atoms with Gasteiger partial charge in [-0.2, -0.15) is 0 Å². The third-order valence-electron chi connectivity index (χ3n) is 5.30. The number of aliphatic hydroxyl groups is 1. The number of likely N-dealkylation sites (tertiary alicyclic amines) is 1. The van der Waals surface area contributed by atoms with Crippen LogP contribution < -0.4 is 4.74 Å². The van der Waals surface area contributed by atoms with E-state index in [0.29, 0.717) is 19.0 Å². The molecule has 1 N–H and O–H groups in total. The second-order valence-electron chi connectivity index (χ2n) is 7.27. The molecule has 2 rings (SSSR count). The molecule has 1 aliphatic rings. The lowest BCUT2D eigenvalue weighted by Gasteiger charge is -2.31. The lowest BCUT2D eigenvalue weighted by atomic mass is 10.0. The minimum Gasteiger partial charge on any atom is -0.497 e. The van der Waals surface area contributed by atoms with E-state index in [1.54, 1.807) is 7.11 Å². The van der Waals surface area contributed by atoms with Crippen molar-refractivity contribution in [1.82, 2.24) is 9.80 Å². The maximum Gasteiger partial charge on any atom is 0.222 e. The summed E-state index contributed by atoms with van der Waals surface area (Å²) in [5, 5.41) is 9.72. The van der Waals surface area contributed by atoms with Gasteiger partial charge >= 0.3 is 0 Å². The molecule has 0 aliphatic carbocycles. The summed E-state index contributed by atoms with van der Waals surface area (Å²) in [6, 6.07) is 8.68. The van der Waals surface area contributed by atoms with Crippen molar-refractivity contribution in [3.63, 3.8) is 0 Å². The highest BCUT2D eigenvalue weighted by molar-refractivity contribution is 5.76. The highest BCUT2D eigenvalue weighted by Gasteiger charge is 2.22. The van der Waals surface area contributed by atoms with E-state index in [1.807, 2.05) is 17.0 Å². The standard InChI is InChI=1S/C21H34N2O3/c1-4-22(17(2)15-18-9-11-20(26-3)12-10-18)13-6-8-21(25)23-14-5-7-19(24)16-23/h9-12,17,19,24H,4-8,13-16H2,1-3H3. The second-order valence-corrected chi connectivity index (χ2v) is 7.27. The van der Waals surface area contributed by atoms with Gasteiger partial charge in [0.05, 0.1) is 13.2 Å². The van der Waals surface area contributed by atoms with Gasteiger partial charge in [0.25, 0.3) is 0 Å². The zero-order valence-electron chi connectivity index (χ0n) is 16.5. The lowest BCUT2D eigenvalue weighted by Crippen LogP contribution is -2.42. The topological polar surface area (TPSA) is 53.0 Å². The molecular weight excluding hydrogens is 328 g/mol. The SMILES string of the molecule is CCN(CCCC(=O)N1CCCC(O)C1)C(C)Cc1ccc(OC)cc1.